The van der Waals surface area contributed by atoms with Crippen molar-refractivity contribution in [2.24, 2.45) is 0 Å². The first-order chi connectivity index (χ1) is 8.61. The topological polar surface area (TPSA) is 56.3 Å². The second-order valence-corrected chi connectivity index (χ2v) is 5.14. The van der Waals surface area contributed by atoms with E-state index in [2.05, 4.69) is 30.0 Å². The first-order valence-corrected chi connectivity index (χ1v) is 6.33. The highest BCUT2D eigenvalue weighted by atomic mass is 15.2. The highest BCUT2D eigenvalue weighted by Crippen LogP contribution is 2.31. The number of nitrogens with zero attached hydrogens (tertiary/aromatic N) is 3. The van der Waals surface area contributed by atoms with Gasteiger partial charge in [0.1, 0.15) is 0 Å². The highest BCUT2D eigenvalue weighted by Gasteiger charge is 2.26. The summed E-state index contributed by atoms with van der Waals surface area (Å²) < 4.78 is 0. The zero-order valence-corrected chi connectivity index (χ0v) is 11.1. The van der Waals surface area contributed by atoms with E-state index >= 15 is 0 Å². The first-order valence-electron chi connectivity index (χ1n) is 6.33. The van der Waals surface area contributed by atoms with Crippen molar-refractivity contribution in [1.82, 2.24) is 4.90 Å². The van der Waals surface area contributed by atoms with Crippen molar-refractivity contribution >= 4 is 11.4 Å². The van der Waals surface area contributed by atoms with Crippen LogP contribution in [-0.4, -0.2) is 38.1 Å². The monoisotopic (exact) mass is 244 g/mol. The fourth-order valence-corrected chi connectivity index (χ4v) is 2.65. The minimum atomic E-state index is 0.523. The lowest BCUT2D eigenvalue weighted by Crippen LogP contribution is -2.37. The highest BCUT2D eigenvalue weighted by molar-refractivity contribution is 5.70. The lowest BCUT2D eigenvalue weighted by atomic mass is 10.1. The SMILES string of the molecule is CN(C)CC1CCCN1c1ccc(C#N)cc1N. The molecule has 1 atom stereocenters. The van der Waals surface area contributed by atoms with Crippen LogP contribution in [0.4, 0.5) is 11.4 Å². The molecular formula is C14H20N4. The molecule has 1 aromatic carbocycles. The predicted molar refractivity (Wildman–Crippen MR) is 74.5 cm³/mol. The summed E-state index contributed by atoms with van der Waals surface area (Å²) in [4.78, 5) is 4.58. The van der Waals surface area contributed by atoms with Gasteiger partial charge in [0.25, 0.3) is 0 Å². The number of likely N-dealkylation sites (N-methyl/N-ethyl adjacent to an activating group) is 1. The van der Waals surface area contributed by atoms with E-state index in [1.165, 1.54) is 12.8 Å². The zero-order chi connectivity index (χ0) is 13.1. The molecule has 1 heterocycles. The molecule has 18 heavy (non-hydrogen) atoms. The van der Waals surface area contributed by atoms with Crippen molar-refractivity contribution in [3.63, 3.8) is 0 Å². The Balaban J connectivity index is 2.22. The Morgan fingerprint density at radius 3 is 2.89 bits per heavy atom. The van der Waals surface area contributed by atoms with Crippen LogP contribution in [0.15, 0.2) is 18.2 Å². The average Bonchev–Trinajstić information content (AvgIpc) is 2.76. The maximum absolute atomic E-state index is 8.86. The summed E-state index contributed by atoms with van der Waals surface area (Å²) in [7, 11) is 4.19. The molecule has 1 unspecified atom stereocenters. The van der Waals surface area contributed by atoms with E-state index in [1.807, 2.05) is 12.1 Å². The molecule has 0 aromatic heterocycles. The van der Waals surface area contributed by atoms with Gasteiger partial charge in [-0.15, -0.1) is 0 Å². The Labute approximate surface area is 109 Å². The standard InChI is InChI=1S/C14H20N4/c1-17(2)10-12-4-3-7-18(12)14-6-5-11(9-15)8-13(14)16/h5-6,8,12H,3-4,7,10,16H2,1-2H3. The van der Waals surface area contributed by atoms with Gasteiger partial charge in [-0.25, -0.2) is 0 Å². The Kier molecular flexibility index (Phi) is 3.73. The summed E-state index contributed by atoms with van der Waals surface area (Å²) >= 11 is 0. The van der Waals surface area contributed by atoms with Gasteiger partial charge < -0.3 is 15.5 Å². The molecule has 0 amide bonds. The minimum Gasteiger partial charge on any atom is -0.397 e. The van der Waals surface area contributed by atoms with Crippen molar-refractivity contribution in [1.29, 1.82) is 5.26 Å². The maximum Gasteiger partial charge on any atom is 0.0992 e. The summed E-state index contributed by atoms with van der Waals surface area (Å²) in [6.45, 7) is 2.09. The van der Waals surface area contributed by atoms with E-state index in [4.69, 9.17) is 11.0 Å². The number of hydrogen-bond acceptors (Lipinski definition) is 4. The van der Waals surface area contributed by atoms with Crippen LogP contribution in [-0.2, 0) is 0 Å². The van der Waals surface area contributed by atoms with Crippen LogP contribution in [0.5, 0.6) is 0 Å². The zero-order valence-electron chi connectivity index (χ0n) is 11.1. The minimum absolute atomic E-state index is 0.523. The average molecular weight is 244 g/mol. The molecule has 0 bridgehead atoms. The van der Waals surface area contributed by atoms with Crippen LogP contribution in [0.2, 0.25) is 0 Å². The van der Waals surface area contributed by atoms with Crippen LogP contribution in [0.3, 0.4) is 0 Å². The Hall–Kier alpha value is -1.73. The van der Waals surface area contributed by atoms with Crippen LogP contribution >= 0.6 is 0 Å². The van der Waals surface area contributed by atoms with Gasteiger partial charge in [0, 0.05) is 19.1 Å². The lowest BCUT2D eigenvalue weighted by Gasteiger charge is -2.30. The molecular weight excluding hydrogens is 224 g/mol. The Morgan fingerprint density at radius 2 is 2.28 bits per heavy atom. The molecule has 1 saturated heterocycles. The van der Waals surface area contributed by atoms with Crippen LogP contribution < -0.4 is 10.6 Å². The van der Waals surface area contributed by atoms with E-state index in [0.717, 1.165) is 18.8 Å². The van der Waals surface area contributed by atoms with Crippen molar-refractivity contribution in [2.75, 3.05) is 37.8 Å². The third-order valence-corrected chi connectivity index (χ3v) is 3.42. The number of nitrogen functional groups attached to an aromatic ring is 1. The van der Waals surface area contributed by atoms with Gasteiger partial charge in [-0.3, -0.25) is 0 Å². The second kappa shape index (κ2) is 5.28. The van der Waals surface area contributed by atoms with Crippen molar-refractivity contribution < 1.29 is 0 Å². The van der Waals surface area contributed by atoms with Crippen LogP contribution in [0.1, 0.15) is 18.4 Å². The maximum atomic E-state index is 8.86. The van der Waals surface area contributed by atoms with E-state index in [0.29, 0.717) is 17.3 Å². The van der Waals surface area contributed by atoms with Crippen LogP contribution in [0.25, 0.3) is 0 Å². The second-order valence-electron chi connectivity index (χ2n) is 5.14. The molecule has 1 aliphatic heterocycles. The van der Waals surface area contributed by atoms with Crippen molar-refractivity contribution in [3.05, 3.63) is 23.8 Å². The van der Waals surface area contributed by atoms with Gasteiger partial charge in [0.15, 0.2) is 0 Å². The fraction of sp³-hybridized carbons (Fsp3) is 0.500. The molecule has 96 valence electrons. The van der Waals surface area contributed by atoms with E-state index in [9.17, 15) is 0 Å². The van der Waals surface area contributed by atoms with E-state index < -0.39 is 0 Å². The molecule has 0 aliphatic carbocycles. The van der Waals surface area contributed by atoms with Gasteiger partial charge >= 0.3 is 0 Å². The molecule has 4 heteroatoms. The summed E-state index contributed by atoms with van der Waals surface area (Å²) in [5.74, 6) is 0. The number of benzene rings is 1. The molecule has 0 radical (unpaired) electrons. The van der Waals surface area contributed by atoms with Gasteiger partial charge in [-0.05, 0) is 45.1 Å². The summed E-state index contributed by atoms with van der Waals surface area (Å²) in [6, 6.07) is 8.23. The molecule has 1 aromatic rings. The molecule has 0 saturated carbocycles. The van der Waals surface area contributed by atoms with E-state index in [-0.39, 0.29) is 0 Å². The normalized spacial score (nSPS) is 19.2. The van der Waals surface area contributed by atoms with Crippen molar-refractivity contribution in [2.45, 2.75) is 18.9 Å². The number of nitrogens with two attached hydrogens (primary N) is 1. The third-order valence-electron chi connectivity index (χ3n) is 3.42. The number of nitriles is 1. The Morgan fingerprint density at radius 1 is 1.50 bits per heavy atom. The Bertz CT molecular complexity index is 461. The first kappa shape index (κ1) is 12.7. The fourth-order valence-electron chi connectivity index (χ4n) is 2.65. The molecule has 2 rings (SSSR count). The predicted octanol–water partition coefficient (Wildman–Crippen LogP) is 1.67. The number of hydrogen-bond donors (Lipinski definition) is 1. The molecule has 4 nitrogen and oxygen atoms in total. The number of anilines is 2. The van der Waals surface area contributed by atoms with Crippen molar-refractivity contribution in [3.8, 4) is 6.07 Å². The quantitative estimate of drug-likeness (QED) is 0.822. The largest absolute Gasteiger partial charge is 0.397 e. The summed E-state index contributed by atoms with van der Waals surface area (Å²) in [6.07, 6.45) is 2.41. The van der Waals surface area contributed by atoms with Gasteiger partial charge in [-0.2, -0.15) is 5.26 Å². The lowest BCUT2D eigenvalue weighted by molar-refractivity contribution is 0.372. The molecule has 2 N–H and O–H groups in total. The number of rotatable bonds is 3. The van der Waals surface area contributed by atoms with E-state index in [1.54, 1.807) is 6.07 Å². The van der Waals surface area contributed by atoms with Crippen LogP contribution in [0, 0.1) is 11.3 Å². The third kappa shape index (κ3) is 2.57. The van der Waals surface area contributed by atoms with Gasteiger partial charge in [0.2, 0.25) is 0 Å². The summed E-state index contributed by atoms with van der Waals surface area (Å²) in [5, 5.41) is 8.86. The van der Waals surface area contributed by atoms with Gasteiger partial charge in [-0.1, -0.05) is 0 Å². The van der Waals surface area contributed by atoms with Gasteiger partial charge in [0.05, 0.1) is 23.0 Å². The summed E-state index contributed by atoms with van der Waals surface area (Å²) in [5.41, 5.74) is 8.46. The molecule has 0 spiro atoms. The molecule has 1 aliphatic rings. The molecule has 1 fully saturated rings. The smallest absolute Gasteiger partial charge is 0.0992 e.